The maximum atomic E-state index is 13.3. The van der Waals surface area contributed by atoms with E-state index < -0.39 is 42.3 Å². The third-order valence-electron chi connectivity index (χ3n) is 9.54. The first-order valence-corrected chi connectivity index (χ1v) is 20.3. The summed E-state index contributed by atoms with van der Waals surface area (Å²) >= 11 is 0. The number of carbonyl (C=O) groups is 3. The molecule has 4 atom stereocenters. The Kier molecular flexibility index (Phi) is 23.2. The van der Waals surface area contributed by atoms with Gasteiger partial charge >= 0.3 is 23.7 Å². The third-order valence-corrected chi connectivity index (χ3v) is 9.54. The molecule has 1 aliphatic rings. The van der Waals surface area contributed by atoms with Gasteiger partial charge < -0.3 is 18.9 Å². The normalized spacial score (nSPS) is 18.5. The van der Waals surface area contributed by atoms with Crippen LogP contribution in [0.5, 0.6) is 0 Å². The van der Waals surface area contributed by atoms with Crippen molar-refractivity contribution in [2.75, 3.05) is 11.9 Å². The van der Waals surface area contributed by atoms with E-state index >= 15 is 0 Å². The molecule has 51 heavy (non-hydrogen) atoms. The van der Waals surface area contributed by atoms with Crippen LogP contribution in [0, 0.1) is 6.92 Å². The topological polar surface area (TPSA) is 135 Å². The highest BCUT2D eigenvalue weighted by Gasteiger charge is 2.49. The number of hydrogen-bond acceptors (Lipinski definition) is 9. The number of carbonyl (C=O) groups excluding carboxylic acids is 3. The lowest BCUT2D eigenvalue weighted by molar-refractivity contribution is -0.168. The van der Waals surface area contributed by atoms with Gasteiger partial charge in [0.15, 0.2) is 18.4 Å². The van der Waals surface area contributed by atoms with Gasteiger partial charge in [0.2, 0.25) is 0 Å². The summed E-state index contributed by atoms with van der Waals surface area (Å²) in [5, 5.41) is 2.55. The van der Waals surface area contributed by atoms with E-state index in [1.165, 1.54) is 81.4 Å². The van der Waals surface area contributed by atoms with E-state index in [2.05, 4.69) is 31.1 Å². The number of hydrogen-bond donors (Lipinski definition) is 1. The Hall–Kier alpha value is -2.95. The van der Waals surface area contributed by atoms with Crippen molar-refractivity contribution in [2.45, 2.75) is 207 Å². The van der Waals surface area contributed by atoms with E-state index in [0.29, 0.717) is 12.0 Å². The Morgan fingerprint density at radius 2 is 1.16 bits per heavy atom. The van der Waals surface area contributed by atoms with Crippen LogP contribution >= 0.6 is 0 Å². The third kappa shape index (κ3) is 17.9. The Balaban J connectivity index is 2.05. The molecular formula is C40H69N3O8. The van der Waals surface area contributed by atoms with Crippen LogP contribution in [0.1, 0.15) is 187 Å². The summed E-state index contributed by atoms with van der Waals surface area (Å²) in [6.45, 7) is 10.2. The van der Waals surface area contributed by atoms with Crippen molar-refractivity contribution in [2.24, 2.45) is 0 Å². The maximum absolute atomic E-state index is 13.3. The maximum Gasteiger partial charge on any atom is 0.412 e. The lowest BCUT2D eigenvalue weighted by atomic mass is 10.1. The number of unbranched alkanes of at least 4 members (excludes halogenated alkanes) is 18. The van der Waals surface area contributed by atoms with Crippen LogP contribution in [-0.4, -0.2) is 52.5 Å². The molecule has 0 saturated carbocycles. The van der Waals surface area contributed by atoms with Crippen molar-refractivity contribution in [1.29, 1.82) is 0 Å². The fraction of sp³-hybridized carbons (Fsp3) is 0.825. The number of ether oxygens (including phenoxy) is 4. The molecule has 0 radical (unpaired) electrons. The molecule has 0 spiro atoms. The molecular weight excluding hydrogens is 650 g/mol. The van der Waals surface area contributed by atoms with Crippen LogP contribution in [0.3, 0.4) is 0 Å². The number of aromatic nitrogens is 2. The number of nitrogens with one attached hydrogen (secondary N) is 1. The standard InChI is InChI=1S/C40H69N3O8/c1-6-9-12-14-16-18-20-22-24-27-33(44)50-35-32(5)49-38(36(35)51-34(45)28-25-23-21-19-17-15-13-10-7-2)43-30-31(4)37(41-39(43)46)42-40(47)48-29-26-11-8-3/h30,32,35-36,38H,6-29H2,1-5H3,(H,41,42,46,47)/t32-,35-,36-,38-/m1/s1. The second kappa shape index (κ2) is 26.8. The number of esters is 2. The van der Waals surface area contributed by atoms with Crippen molar-refractivity contribution in [1.82, 2.24) is 9.55 Å². The highest BCUT2D eigenvalue weighted by Crippen LogP contribution is 2.34. The summed E-state index contributed by atoms with van der Waals surface area (Å²) in [5.74, 6) is -0.726. The van der Waals surface area contributed by atoms with Gasteiger partial charge in [-0.2, -0.15) is 4.98 Å². The molecule has 1 aliphatic heterocycles. The molecule has 11 nitrogen and oxygen atoms in total. The second-order valence-electron chi connectivity index (χ2n) is 14.2. The smallest absolute Gasteiger partial charge is 0.412 e. The molecule has 1 fully saturated rings. The van der Waals surface area contributed by atoms with Gasteiger partial charge in [-0.1, -0.05) is 136 Å². The van der Waals surface area contributed by atoms with E-state index in [4.69, 9.17) is 18.9 Å². The average molecular weight is 720 g/mol. The van der Waals surface area contributed by atoms with Crippen LogP contribution in [0.4, 0.5) is 10.6 Å². The molecule has 1 amide bonds. The fourth-order valence-electron chi connectivity index (χ4n) is 6.42. The number of anilines is 1. The summed E-state index contributed by atoms with van der Waals surface area (Å²) < 4.78 is 24.5. The summed E-state index contributed by atoms with van der Waals surface area (Å²) in [6, 6.07) is 0. The van der Waals surface area contributed by atoms with E-state index in [1.54, 1.807) is 13.8 Å². The Labute approximate surface area is 307 Å². The Morgan fingerprint density at radius 1 is 0.706 bits per heavy atom. The first-order valence-electron chi connectivity index (χ1n) is 20.3. The van der Waals surface area contributed by atoms with E-state index in [0.717, 1.165) is 57.8 Å². The van der Waals surface area contributed by atoms with E-state index in [1.807, 2.05) is 0 Å². The van der Waals surface area contributed by atoms with Crippen LogP contribution in [0.15, 0.2) is 11.0 Å². The zero-order chi connectivity index (χ0) is 37.3. The van der Waals surface area contributed by atoms with Gasteiger partial charge in [0, 0.05) is 24.6 Å². The lowest BCUT2D eigenvalue weighted by Crippen LogP contribution is -2.41. The summed E-state index contributed by atoms with van der Waals surface area (Å²) in [5.41, 5.74) is -0.220. The minimum atomic E-state index is -1.06. The van der Waals surface area contributed by atoms with Gasteiger partial charge in [-0.3, -0.25) is 19.5 Å². The van der Waals surface area contributed by atoms with Gasteiger partial charge in [0.05, 0.1) is 12.7 Å². The minimum absolute atomic E-state index is 0.0747. The molecule has 1 saturated heterocycles. The number of rotatable bonds is 28. The van der Waals surface area contributed by atoms with Gasteiger partial charge in [-0.15, -0.1) is 0 Å². The highest BCUT2D eigenvalue weighted by molar-refractivity contribution is 5.84. The summed E-state index contributed by atoms with van der Waals surface area (Å²) in [7, 11) is 0. The van der Waals surface area contributed by atoms with Crippen molar-refractivity contribution >= 4 is 23.8 Å². The monoisotopic (exact) mass is 720 g/mol. The van der Waals surface area contributed by atoms with E-state index in [9.17, 15) is 19.2 Å². The predicted octanol–water partition coefficient (Wildman–Crippen LogP) is 9.87. The van der Waals surface area contributed by atoms with Gasteiger partial charge in [0.25, 0.3) is 0 Å². The zero-order valence-corrected chi connectivity index (χ0v) is 32.5. The predicted molar refractivity (Wildman–Crippen MR) is 201 cm³/mol. The molecule has 2 heterocycles. The molecule has 0 bridgehead atoms. The quantitative estimate of drug-likeness (QED) is 0.0510. The molecule has 0 aliphatic carbocycles. The summed E-state index contributed by atoms with van der Waals surface area (Å²) in [6.07, 6.45) is 20.7. The van der Waals surface area contributed by atoms with Crippen LogP contribution < -0.4 is 11.0 Å². The molecule has 11 heteroatoms. The largest absolute Gasteiger partial charge is 0.455 e. The molecule has 0 unspecified atom stereocenters. The van der Waals surface area contributed by atoms with Crippen molar-refractivity contribution in [3.05, 3.63) is 22.2 Å². The summed E-state index contributed by atoms with van der Waals surface area (Å²) in [4.78, 5) is 55.9. The van der Waals surface area contributed by atoms with Crippen molar-refractivity contribution in [3.8, 4) is 0 Å². The number of nitrogens with zero attached hydrogens (tertiary/aromatic N) is 2. The lowest BCUT2D eigenvalue weighted by Gasteiger charge is -2.25. The zero-order valence-electron chi connectivity index (χ0n) is 32.5. The van der Waals surface area contributed by atoms with Crippen LogP contribution in [-0.2, 0) is 28.5 Å². The Bertz CT molecular complexity index is 1190. The molecule has 0 aromatic carbocycles. The van der Waals surface area contributed by atoms with E-state index in [-0.39, 0.29) is 31.2 Å². The minimum Gasteiger partial charge on any atom is -0.455 e. The molecule has 292 valence electrons. The van der Waals surface area contributed by atoms with Crippen LogP contribution in [0.25, 0.3) is 0 Å². The molecule has 1 N–H and O–H groups in total. The molecule has 2 rings (SSSR count). The molecule has 1 aromatic rings. The van der Waals surface area contributed by atoms with Crippen LogP contribution in [0.2, 0.25) is 0 Å². The van der Waals surface area contributed by atoms with Gasteiger partial charge in [-0.05, 0) is 33.1 Å². The number of aryl methyl sites for hydroxylation is 1. The van der Waals surface area contributed by atoms with Gasteiger partial charge in [0.1, 0.15) is 5.82 Å². The fourth-order valence-corrected chi connectivity index (χ4v) is 6.42. The van der Waals surface area contributed by atoms with Gasteiger partial charge in [-0.25, -0.2) is 9.59 Å². The SMILES string of the molecule is CCCCCCCCCCCC(=O)O[C@@H]1[C@H](OC(=O)CCCCCCCCCCC)[C@@H](C)O[C@H]1n1cc(C)c(NC(=O)OCCCCC)nc1=O. The second-order valence-corrected chi connectivity index (χ2v) is 14.2. The first kappa shape index (κ1) is 44.2. The molecule has 1 aromatic heterocycles. The van der Waals surface area contributed by atoms with Crippen molar-refractivity contribution in [3.63, 3.8) is 0 Å². The Morgan fingerprint density at radius 3 is 1.67 bits per heavy atom. The number of amides is 1. The first-order chi connectivity index (χ1) is 24.7. The van der Waals surface area contributed by atoms with Crippen molar-refractivity contribution < 1.29 is 33.3 Å². The highest BCUT2D eigenvalue weighted by atomic mass is 16.6. The average Bonchev–Trinajstić information content (AvgIpc) is 3.39.